The molecule has 0 aromatic heterocycles. The molecule has 5 heteroatoms. The summed E-state index contributed by atoms with van der Waals surface area (Å²) >= 11 is 6.78. The van der Waals surface area contributed by atoms with Crippen LogP contribution in [-0.2, 0) is 0 Å². The molecule has 3 nitrogen and oxygen atoms in total. The third kappa shape index (κ3) is 4.68. The van der Waals surface area contributed by atoms with Gasteiger partial charge in [0.1, 0.15) is 5.75 Å². The summed E-state index contributed by atoms with van der Waals surface area (Å²) in [5.41, 5.74) is 0.554. The zero-order valence-electron chi connectivity index (χ0n) is 9.80. The van der Waals surface area contributed by atoms with Crippen LogP contribution in [0.5, 0.6) is 5.75 Å². The number of hydrogen-bond donors (Lipinski definition) is 1. The van der Waals surface area contributed by atoms with E-state index in [0.717, 1.165) is 10.9 Å². The highest BCUT2D eigenvalue weighted by atomic mass is 79.9. The van der Waals surface area contributed by atoms with Gasteiger partial charge in [0.25, 0.3) is 5.91 Å². The van der Waals surface area contributed by atoms with E-state index in [1.807, 2.05) is 13.0 Å². The lowest BCUT2D eigenvalue weighted by Gasteiger charge is -2.10. The van der Waals surface area contributed by atoms with Gasteiger partial charge in [-0.1, -0.05) is 38.8 Å². The zero-order valence-corrected chi connectivity index (χ0v) is 13.0. The summed E-state index contributed by atoms with van der Waals surface area (Å²) in [5, 5.41) is 2.86. The minimum Gasteiger partial charge on any atom is -0.496 e. The molecule has 0 spiro atoms. The van der Waals surface area contributed by atoms with Gasteiger partial charge in [0.05, 0.1) is 12.7 Å². The highest BCUT2D eigenvalue weighted by molar-refractivity contribution is 9.10. The second-order valence-electron chi connectivity index (χ2n) is 3.67. The standard InChI is InChI=1S/C12H15Br2NO2/c1-8(13)5-6-15-12(16)10-4-3-9(14)7-11(10)17-2/h3-4,7-8H,5-6H2,1-2H3,(H,15,16). The Balaban J connectivity index is 2.68. The quantitative estimate of drug-likeness (QED) is 0.813. The molecule has 0 bridgehead atoms. The van der Waals surface area contributed by atoms with Crippen LogP contribution in [0.3, 0.4) is 0 Å². The minimum absolute atomic E-state index is 0.109. The van der Waals surface area contributed by atoms with Crippen LogP contribution in [0.2, 0.25) is 0 Å². The second-order valence-corrected chi connectivity index (χ2v) is 6.15. The average Bonchev–Trinajstić information content (AvgIpc) is 2.28. The molecule has 1 aromatic carbocycles. The summed E-state index contributed by atoms with van der Waals surface area (Å²) in [6.45, 7) is 2.69. The monoisotopic (exact) mass is 363 g/mol. The summed E-state index contributed by atoms with van der Waals surface area (Å²) in [5.74, 6) is 0.464. The van der Waals surface area contributed by atoms with Crippen LogP contribution in [0.1, 0.15) is 23.7 Å². The third-order valence-electron chi connectivity index (χ3n) is 2.24. The van der Waals surface area contributed by atoms with Crippen LogP contribution >= 0.6 is 31.9 Å². The molecule has 0 saturated carbocycles. The number of amides is 1. The lowest BCUT2D eigenvalue weighted by atomic mass is 10.2. The van der Waals surface area contributed by atoms with Crippen molar-refractivity contribution in [2.24, 2.45) is 0 Å². The van der Waals surface area contributed by atoms with E-state index in [0.29, 0.717) is 22.7 Å². The minimum atomic E-state index is -0.109. The van der Waals surface area contributed by atoms with Gasteiger partial charge in [-0.2, -0.15) is 0 Å². The molecule has 0 aliphatic carbocycles. The van der Waals surface area contributed by atoms with Gasteiger partial charge in [-0.15, -0.1) is 0 Å². The SMILES string of the molecule is COc1cc(Br)ccc1C(=O)NCCC(C)Br. The Bertz CT molecular complexity index is 394. The maximum absolute atomic E-state index is 11.9. The summed E-state index contributed by atoms with van der Waals surface area (Å²) in [7, 11) is 1.55. The molecule has 1 rings (SSSR count). The van der Waals surface area contributed by atoms with Crippen molar-refractivity contribution in [1.82, 2.24) is 5.32 Å². The highest BCUT2D eigenvalue weighted by Crippen LogP contribution is 2.23. The molecule has 1 unspecified atom stereocenters. The van der Waals surface area contributed by atoms with Crippen molar-refractivity contribution in [3.63, 3.8) is 0 Å². The van der Waals surface area contributed by atoms with E-state index in [1.54, 1.807) is 19.2 Å². The maximum Gasteiger partial charge on any atom is 0.255 e. The predicted octanol–water partition coefficient (Wildman–Crippen LogP) is 3.36. The van der Waals surface area contributed by atoms with E-state index >= 15 is 0 Å². The molecular formula is C12H15Br2NO2. The molecule has 0 aliphatic rings. The van der Waals surface area contributed by atoms with Crippen molar-refractivity contribution in [1.29, 1.82) is 0 Å². The van der Waals surface area contributed by atoms with Gasteiger partial charge in [0, 0.05) is 15.8 Å². The largest absolute Gasteiger partial charge is 0.496 e. The fourth-order valence-corrected chi connectivity index (χ4v) is 1.90. The van der Waals surface area contributed by atoms with Gasteiger partial charge < -0.3 is 10.1 Å². The van der Waals surface area contributed by atoms with Crippen molar-refractivity contribution in [3.8, 4) is 5.75 Å². The van der Waals surface area contributed by atoms with Crippen LogP contribution in [0.25, 0.3) is 0 Å². The Labute approximate surface area is 118 Å². The molecule has 1 N–H and O–H groups in total. The van der Waals surface area contributed by atoms with Crippen molar-refractivity contribution in [3.05, 3.63) is 28.2 Å². The number of benzene rings is 1. The topological polar surface area (TPSA) is 38.3 Å². The number of alkyl halides is 1. The van der Waals surface area contributed by atoms with Gasteiger partial charge in [-0.25, -0.2) is 0 Å². The van der Waals surface area contributed by atoms with Crippen LogP contribution in [0, 0.1) is 0 Å². The first kappa shape index (κ1) is 14.5. The molecule has 0 aliphatic heterocycles. The number of halogens is 2. The number of hydrogen-bond acceptors (Lipinski definition) is 2. The Morgan fingerprint density at radius 3 is 2.82 bits per heavy atom. The number of rotatable bonds is 5. The molecule has 94 valence electrons. The van der Waals surface area contributed by atoms with Crippen LogP contribution < -0.4 is 10.1 Å². The lowest BCUT2D eigenvalue weighted by molar-refractivity contribution is 0.0950. The fraction of sp³-hybridized carbons (Fsp3) is 0.417. The molecule has 0 heterocycles. The smallest absolute Gasteiger partial charge is 0.255 e. The van der Waals surface area contributed by atoms with Gasteiger partial charge in [0.15, 0.2) is 0 Å². The number of carbonyl (C=O) groups is 1. The molecule has 0 radical (unpaired) electrons. The van der Waals surface area contributed by atoms with Gasteiger partial charge >= 0.3 is 0 Å². The normalized spacial score (nSPS) is 12.0. The van der Waals surface area contributed by atoms with Crippen LogP contribution in [0.15, 0.2) is 22.7 Å². The lowest BCUT2D eigenvalue weighted by Crippen LogP contribution is -2.26. The zero-order chi connectivity index (χ0) is 12.8. The first-order valence-corrected chi connectivity index (χ1v) is 7.01. The highest BCUT2D eigenvalue weighted by Gasteiger charge is 2.12. The molecule has 1 amide bonds. The molecular weight excluding hydrogens is 350 g/mol. The van der Waals surface area contributed by atoms with E-state index in [-0.39, 0.29) is 5.91 Å². The molecule has 1 atom stereocenters. The molecule has 0 saturated heterocycles. The average molecular weight is 365 g/mol. The van der Waals surface area contributed by atoms with E-state index in [4.69, 9.17) is 4.74 Å². The van der Waals surface area contributed by atoms with Gasteiger partial charge in [-0.05, 0) is 24.6 Å². The van der Waals surface area contributed by atoms with E-state index in [2.05, 4.69) is 37.2 Å². The Kier molecular flexibility index (Phi) is 5.98. The van der Waals surface area contributed by atoms with E-state index < -0.39 is 0 Å². The Morgan fingerprint density at radius 2 is 2.24 bits per heavy atom. The van der Waals surface area contributed by atoms with E-state index in [1.165, 1.54) is 0 Å². The van der Waals surface area contributed by atoms with Crippen LogP contribution in [0.4, 0.5) is 0 Å². The fourth-order valence-electron chi connectivity index (χ4n) is 1.33. The molecule has 0 fully saturated rings. The van der Waals surface area contributed by atoms with Crippen molar-refractivity contribution >= 4 is 37.8 Å². The summed E-state index contributed by atoms with van der Waals surface area (Å²) in [6, 6.07) is 5.35. The van der Waals surface area contributed by atoms with Gasteiger partial charge in [0.2, 0.25) is 0 Å². The number of carbonyl (C=O) groups excluding carboxylic acids is 1. The maximum atomic E-state index is 11.9. The number of ether oxygens (including phenoxy) is 1. The Morgan fingerprint density at radius 1 is 1.53 bits per heavy atom. The third-order valence-corrected chi connectivity index (χ3v) is 3.19. The predicted molar refractivity (Wildman–Crippen MR) is 76.0 cm³/mol. The van der Waals surface area contributed by atoms with Crippen molar-refractivity contribution in [2.75, 3.05) is 13.7 Å². The van der Waals surface area contributed by atoms with Gasteiger partial charge in [-0.3, -0.25) is 4.79 Å². The van der Waals surface area contributed by atoms with E-state index in [9.17, 15) is 4.79 Å². The van der Waals surface area contributed by atoms with Crippen molar-refractivity contribution < 1.29 is 9.53 Å². The first-order chi connectivity index (χ1) is 8.04. The summed E-state index contributed by atoms with van der Waals surface area (Å²) in [6.07, 6.45) is 0.893. The van der Waals surface area contributed by atoms with Crippen LogP contribution in [-0.4, -0.2) is 24.4 Å². The summed E-state index contributed by atoms with van der Waals surface area (Å²) in [4.78, 5) is 12.3. The number of nitrogens with one attached hydrogen (secondary N) is 1. The molecule has 1 aromatic rings. The first-order valence-electron chi connectivity index (χ1n) is 5.30. The second kappa shape index (κ2) is 7.01. The summed E-state index contributed by atoms with van der Waals surface area (Å²) < 4.78 is 6.06. The van der Waals surface area contributed by atoms with Crippen molar-refractivity contribution in [2.45, 2.75) is 18.2 Å². The number of methoxy groups -OCH3 is 1. The molecule has 17 heavy (non-hydrogen) atoms. The Hall–Kier alpha value is -0.550.